The highest BCUT2D eigenvalue weighted by atomic mass is 16.5. The van der Waals surface area contributed by atoms with Gasteiger partial charge in [0.15, 0.2) is 0 Å². The molecule has 17 heavy (non-hydrogen) atoms. The quantitative estimate of drug-likeness (QED) is 0.794. The lowest BCUT2D eigenvalue weighted by molar-refractivity contribution is 0.00967. The van der Waals surface area contributed by atoms with Gasteiger partial charge in [-0.1, -0.05) is 0 Å². The summed E-state index contributed by atoms with van der Waals surface area (Å²) in [5, 5.41) is 8.90. The number of aryl methyl sites for hydroxylation is 1. The minimum absolute atomic E-state index is 0.444. The van der Waals surface area contributed by atoms with Gasteiger partial charge in [-0.3, -0.25) is 0 Å². The topological polar surface area (TPSA) is 50.8 Å². The molecular formula is C13H15N3O. The van der Waals surface area contributed by atoms with Crippen molar-refractivity contribution in [3.8, 4) is 6.07 Å². The Morgan fingerprint density at radius 3 is 2.71 bits per heavy atom. The molecular weight excluding hydrogens is 214 g/mol. The van der Waals surface area contributed by atoms with Crippen molar-refractivity contribution in [1.82, 2.24) is 9.55 Å². The van der Waals surface area contributed by atoms with E-state index in [2.05, 4.69) is 11.1 Å². The van der Waals surface area contributed by atoms with Crippen LogP contribution in [0.5, 0.6) is 0 Å². The Bertz CT molecular complexity index is 605. The molecule has 0 amide bonds. The molecule has 0 bridgehead atoms. The molecule has 0 fully saturated rings. The highest BCUT2D eigenvalue weighted by molar-refractivity contribution is 5.77. The third kappa shape index (κ3) is 1.79. The molecule has 4 nitrogen and oxygen atoms in total. The van der Waals surface area contributed by atoms with Gasteiger partial charge in [-0.25, -0.2) is 4.98 Å². The van der Waals surface area contributed by atoms with Crippen LogP contribution in [0, 0.1) is 11.3 Å². The lowest BCUT2D eigenvalue weighted by Gasteiger charge is -2.22. The highest BCUT2D eigenvalue weighted by Crippen LogP contribution is 2.26. The van der Waals surface area contributed by atoms with Gasteiger partial charge in [0.25, 0.3) is 0 Å². The van der Waals surface area contributed by atoms with Crippen molar-refractivity contribution in [2.75, 3.05) is 7.11 Å². The van der Waals surface area contributed by atoms with E-state index in [1.807, 2.05) is 37.6 Å². The molecule has 0 unspecified atom stereocenters. The number of nitrogens with zero attached hydrogens (tertiary/aromatic N) is 3. The van der Waals surface area contributed by atoms with Gasteiger partial charge in [0.05, 0.1) is 22.7 Å². The maximum atomic E-state index is 8.90. The summed E-state index contributed by atoms with van der Waals surface area (Å²) in [6.45, 7) is 3.94. The first-order valence-corrected chi connectivity index (χ1v) is 5.42. The first-order chi connectivity index (χ1) is 7.99. The molecule has 0 radical (unpaired) electrons. The summed E-state index contributed by atoms with van der Waals surface area (Å²) in [7, 11) is 3.60. The molecule has 1 aromatic heterocycles. The van der Waals surface area contributed by atoms with Crippen LogP contribution in [0.15, 0.2) is 18.2 Å². The van der Waals surface area contributed by atoms with E-state index in [1.54, 1.807) is 13.2 Å². The number of fused-ring (bicyclic) bond motifs is 1. The second-order valence-electron chi connectivity index (χ2n) is 4.52. The smallest absolute Gasteiger partial charge is 0.141 e. The average molecular weight is 229 g/mol. The molecule has 0 aliphatic heterocycles. The van der Waals surface area contributed by atoms with E-state index < -0.39 is 5.60 Å². The number of imidazole rings is 1. The molecule has 4 heteroatoms. The van der Waals surface area contributed by atoms with E-state index in [0.29, 0.717) is 5.56 Å². The lowest BCUT2D eigenvalue weighted by Crippen LogP contribution is -2.23. The molecule has 0 saturated carbocycles. The van der Waals surface area contributed by atoms with Crippen molar-refractivity contribution < 1.29 is 4.74 Å². The normalized spacial score (nSPS) is 11.7. The summed E-state index contributed by atoms with van der Waals surface area (Å²) >= 11 is 0. The van der Waals surface area contributed by atoms with Crippen LogP contribution in [-0.2, 0) is 17.4 Å². The summed E-state index contributed by atoms with van der Waals surface area (Å²) in [5.74, 6) is 0.852. The zero-order chi connectivity index (χ0) is 12.6. The molecule has 2 aromatic rings. The maximum Gasteiger partial charge on any atom is 0.141 e. The second-order valence-corrected chi connectivity index (χ2v) is 4.52. The largest absolute Gasteiger partial charge is 0.371 e. The Balaban J connectivity index is 2.70. The van der Waals surface area contributed by atoms with Crippen molar-refractivity contribution >= 4 is 11.0 Å². The van der Waals surface area contributed by atoms with Crippen LogP contribution >= 0.6 is 0 Å². The SMILES string of the molecule is COC(C)(C)c1nc2ccc(C#N)cc2n1C. The summed E-state index contributed by atoms with van der Waals surface area (Å²) < 4.78 is 7.41. The number of rotatable bonds is 2. The van der Waals surface area contributed by atoms with Gasteiger partial charge < -0.3 is 9.30 Å². The minimum Gasteiger partial charge on any atom is -0.371 e. The van der Waals surface area contributed by atoms with E-state index in [9.17, 15) is 0 Å². The van der Waals surface area contributed by atoms with E-state index in [1.165, 1.54) is 0 Å². The summed E-state index contributed by atoms with van der Waals surface area (Å²) in [4.78, 5) is 4.56. The molecule has 0 atom stereocenters. The predicted octanol–water partition coefficient (Wildman–Crippen LogP) is 2.33. The van der Waals surface area contributed by atoms with Gasteiger partial charge in [-0.2, -0.15) is 5.26 Å². The zero-order valence-corrected chi connectivity index (χ0v) is 10.5. The molecule has 88 valence electrons. The summed E-state index contributed by atoms with van der Waals surface area (Å²) in [6, 6.07) is 7.62. The first-order valence-electron chi connectivity index (χ1n) is 5.42. The lowest BCUT2D eigenvalue weighted by atomic mass is 10.1. The van der Waals surface area contributed by atoms with Gasteiger partial charge in [0.1, 0.15) is 11.4 Å². The van der Waals surface area contributed by atoms with Crippen molar-refractivity contribution in [1.29, 1.82) is 5.26 Å². The number of benzene rings is 1. The fraction of sp³-hybridized carbons (Fsp3) is 0.385. The van der Waals surface area contributed by atoms with Crippen LogP contribution in [0.4, 0.5) is 0 Å². The van der Waals surface area contributed by atoms with Crippen molar-refractivity contribution in [2.24, 2.45) is 7.05 Å². The number of ether oxygens (including phenoxy) is 1. The molecule has 0 aliphatic carbocycles. The van der Waals surface area contributed by atoms with Gasteiger partial charge in [0, 0.05) is 14.2 Å². The Kier molecular flexibility index (Phi) is 2.64. The molecule has 2 rings (SSSR count). The van der Waals surface area contributed by atoms with Gasteiger partial charge >= 0.3 is 0 Å². The van der Waals surface area contributed by atoms with Gasteiger partial charge in [-0.15, -0.1) is 0 Å². The third-order valence-electron chi connectivity index (χ3n) is 3.06. The van der Waals surface area contributed by atoms with E-state index in [-0.39, 0.29) is 0 Å². The number of nitriles is 1. The Hall–Kier alpha value is -1.86. The fourth-order valence-corrected chi connectivity index (χ4v) is 1.89. The monoisotopic (exact) mass is 229 g/mol. The Morgan fingerprint density at radius 2 is 2.12 bits per heavy atom. The van der Waals surface area contributed by atoms with Crippen molar-refractivity contribution in [2.45, 2.75) is 19.4 Å². The van der Waals surface area contributed by atoms with Crippen LogP contribution < -0.4 is 0 Å². The fourth-order valence-electron chi connectivity index (χ4n) is 1.89. The summed E-state index contributed by atoms with van der Waals surface area (Å²) in [6.07, 6.45) is 0. The van der Waals surface area contributed by atoms with E-state index >= 15 is 0 Å². The number of hydrogen-bond acceptors (Lipinski definition) is 3. The number of hydrogen-bond donors (Lipinski definition) is 0. The van der Waals surface area contributed by atoms with Crippen molar-refractivity contribution in [3.63, 3.8) is 0 Å². The van der Waals surface area contributed by atoms with E-state index in [0.717, 1.165) is 16.9 Å². The predicted molar refractivity (Wildman–Crippen MR) is 65.5 cm³/mol. The minimum atomic E-state index is -0.444. The van der Waals surface area contributed by atoms with Crippen LogP contribution in [-0.4, -0.2) is 16.7 Å². The third-order valence-corrected chi connectivity index (χ3v) is 3.06. The maximum absolute atomic E-state index is 8.90. The molecule has 0 N–H and O–H groups in total. The van der Waals surface area contributed by atoms with E-state index in [4.69, 9.17) is 10.00 Å². The standard InChI is InChI=1S/C13H15N3O/c1-13(2,17-4)12-15-10-6-5-9(8-14)7-11(10)16(12)3/h5-7H,1-4H3. The Labute approximate surface area is 100 Å². The Morgan fingerprint density at radius 1 is 1.41 bits per heavy atom. The highest BCUT2D eigenvalue weighted by Gasteiger charge is 2.26. The molecule has 0 saturated heterocycles. The molecule has 0 aliphatic rings. The molecule has 1 heterocycles. The average Bonchev–Trinajstić information content (AvgIpc) is 2.67. The van der Waals surface area contributed by atoms with Crippen LogP contribution in [0.25, 0.3) is 11.0 Å². The van der Waals surface area contributed by atoms with Gasteiger partial charge in [-0.05, 0) is 32.0 Å². The van der Waals surface area contributed by atoms with Crippen LogP contribution in [0.1, 0.15) is 25.2 Å². The second kappa shape index (κ2) is 3.86. The van der Waals surface area contributed by atoms with Gasteiger partial charge in [0.2, 0.25) is 0 Å². The number of methoxy groups -OCH3 is 1. The molecule has 0 spiro atoms. The van der Waals surface area contributed by atoms with Crippen molar-refractivity contribution in [3.05, 3.63) is 29.6 Å². The molecule has 1 aromatic carbocycles. The van der Waals surface area contributed by atoms with Crippen LogP contribution in [0.2, 0.25) is 0 Å². The summed E-state index contributed by atoms with van der Waals surface area (Å²) in [5.41, 5.74) is 2.03. The number of aromatic nitrogens is 2. The van der Waals surface area contributed by atoms with Crippen LogP contribution in [0.3, 0.4) is 0 Å². The zero-order valence-electron chi connectivity index (χ0n) is 10.5. The first kappa shape index (κ1) is 11.6.